The average Bonchev–Trinajstić information content (AvgIpc) is 3.17. The fourth-order valence-electron chi connectivity index (χ4n) is 2.97. The quantitative estimate of drug-likeness (QED) is 0.775. The first-order valence-corrected chi connectivity index (χ1v) is 9.72. The summed E-state index contributed by atoms with van der Waals surface area (Å²) < 4.78 is 6.62. The molecule has 0 aliphatic carbocycles. The minimum Gasteiger partial charge on any atom is -0.480 e. The Morgan fingerprint density at radius 2 is 2.08 bits per heavy atom. The van der Waals surface area contributed by atoms with Crippen LogP contribution in [0.1, 0.15) is 30.9 Å². The molecule has 1 atom stereocenters. The maximum atomic E-state index is 12.4. The molecular formula is C20H24BrN3O2. The number of aryl methyl sites for hydroxylation is 1. The van der Waals surface area contributed by atoms with Crippen molar-refractivity contribution in [2.24, 2.45) is 0 Å². The van der Waals surface area contributed by atoms with Gasteiger partial charge in [0.2, 0.25) is 0 Å². The van der Waals surface area contributed by atoms with Gasteiger partial charge in [-0.2, -0.15) is 0 Å². The summed E-state index contributed by atoms with van der Waals surface area (Å²) >= 11 is 3.47. The highest BCUT2D eigenvalue weighted by atomic mass is 79.9. The number of rotatable bonds is 6. The number of hydrogen-bond donors (Lipinski definition) is 1. The summed E-state index contributed by atoms with van der Waals surface area (Å²) in [7, 11) is 0. The number of aromatic nitrogens is 1. The van der Waals surface area contributed by atoms with E-state index < -0.39 is 6.10 Å². The predicted molar refractivity (Wildman–Crippen MR) is 106 cm³/mol. The predicted octanol–water partition coefficient (Wildman–Crippen LogP) is 3.84. The van der Waals surface area contributed by atoms with Crippen LogP contribution < -0.4 is 15.0 Å². The largest absolute Gasteiger partial charge is 0.480 e. The number of benzene rings is 1. The van der Waals surface area contributed by atoms with E-state index in [1.54, 1.807) is 13.1 Å². The molecule has 1 N–H and O–H groups in total. The van der Waals surface area contributed by atoms with Crippen molar-refractivity contribution >= 4 is 27.7 Å². The second-order valence-electron chi connectivity index (χ2n) is 6.63. The van der Waals surface area contributed by atoms with E-state index >= 15 is 0 Å². The third-order valence-electron chi connectivity index (χ3n) is 4.47. The lowest BCUT2D eigenvalue weighted by atomic mass is 10.2. The first kappa shape index (κ1) is 18.7. The Bertz CT molecular complexity index is 775. The number of nitrogens with zero attached hydrogens (tertiary/aromatic N) is 2. The number of nitrogens with one attached hydrogen (secondary N) is 1. The summed E-state index contributed by atoms with van der Waals surface area (Å²) in [6, 6.07) is 9.78. The molecule has 6 heteroatoms. The topological polar surface area (TPSA) is 54.5 Å². The zero-order valence-corrected chi connectivity index (χ0v) is 16.8. The molecule has 2 heterocycles. The Morgan fingerprint density at radius 3 is 2.81 bits per heavy atom. The molecule has 1 aromatic heterocycles. The molecular weight excluding hydrogens is 394 g/mol. The highest BCUT2D eigenvalue weighted by Gasteiger charge is 2.17. The van der Waals surface area contributed by atoms with Gasteiger partial charge in [0, 0.05) is 25.8 Å². The van der Waals surface area contributed by atoms with Crippen molar-refractivity contribution in [2.45, 2.75) is 39.3 Å². The zero-order chi connectivity index (χ0) is 18.5. The Labute approximate surface area is 162 Å². The van der Waals surface area contributed by atoms with E-state index in [1.807, 2.05) is 37.3 Å². The van der Waals surface area contributed by atoms with Gasteiger partial charge >= 0.3 is 0 Å². The number of carbonyl (C=O) groups is 1. The number of carbonyl (C=O) groups excluding carboxylic acids is 1. The van der Waals surface area contributed by atoms with Gasteiger partial charge in [-0.25, -0.2) is 4.98 Å². The van der Waals surface area contributed by atoms with Gasteiger partial charge in [-0.1, -0.05) is 6.07 Å². The molecule has 1 fully saturated rings. The second kappa shape index (κ2) is 8.54. The van der Waals surface area contributed by atoms with E-state index in [2.05, 4.69) is 31.1 Å². The number of anilines is 1. The van der Waals surface area contributed by atoms with Gasteiger partial charge in [-0.05, 0) is 78.0 Å². The highest BCUT2D eigenvalue weighted by molar-refractivity contribution is 9.10. The Kier molecular flexibility index (Phi) is 6.14. The molecule has 26 heavy (non-hydrogen) atoms. The number of pyridine rings is 1. The Hall–Kier alpha value is -2.08. The maximum absolute atomic E-state index is 12.4. The first-order chi connectivity index (χ1) is 12.5. The van der Waals surface area contributed by atoms with Crippen LogP contribution in [0.4, 0.5) is 5.82 Å². The van der Waals surface area contributed by atoms with Crippen molar-refractivity contribution in [3.05, 3.63) is 52.1 Å². The van der Waals surface area contributed by atoms with Crippen LogP contribution in [0.15, 0.2) is 41.0 Å². The number of hydrogen-bond acceptors (Lipinski definition) is 4. The molecule has 1 aliphatic heterocycles. The summed E-state index contributed by atoms with van der Waals surface area (Å²) in [5.74, 6) is 1.51. The van der Waals surface area contributed by atoms with Gasteiger partial charge in [-0.3, -0.25) is 4.79 Å². The van der Waals surface area contributed by atoms with Crippen LogP contribution in [0.3, 0.4) is 0 Å². The van der Waals surface area contributed by atoms with Crippen molar-refractivity contribution in [2.75, 3.05) is 18.0 Å². The van der Waals surface area contributed by atoms with Crippen LogP contribution in [0.25, 0.3) is 0 Å². The van der Waals surface area contributed by atoms with Crippen LogP contribution in [-0.4, -0.2) is 30.1 Å². The smallest absolute Gasteiger partial charge is 0.261 e. The van der Waals surface area contributed by atoms with Crippen LogP contribution in [0.2, 0.25) is 0 Å². The van der Waals surface area contributed by atoms with E-state index in [1.165, 1.54) is 12.8 Å². The molecule has 1 aliphatic rings. The summed E-state index contributed by atoms with van der Waals surface area (Å²) in [4.78, 5) is 19.1. The highest BCUT2D eigenvalue weighted by Crippen LogP contribution is 2.26. The maximum Gasteiger partial charge on any atom is 0.261 e. The molecule has 2 aromatic rings. The lowest BCUT2D eigenvalue weighted by Crippen LogP contribution is -2.36. The first-order valence-electron chi connectivity index (χ1n) is 8.93. The van der Waals surface area contributed by atoms with Gasteiger partial charge in [0.15, 0.2) is 6.10 Å². The van der Waals surface area contributed by atoms with Crippen LogP contribution in [0.5, 0.6) is 5.75 Å². The second-order valence-corrected chi connectivity index (χ2v) is 7.48. The molecule has 0 radical (unpaired) electrons. The van der Waals surface area contributed by atoms with Gasteiger partial charge < -0.3 is 15.0 Å². The van der Waals surface area contributed by atoms with E-state index in [0.29, 0.717) is 12.3 Å². The lowest BCUT2D eigenvalue weighted by molar-refractivity contribution is -0.127. The lowest BCUT2D eigenvalue weighted by Gasteiger charge is -2.18. The molecule has 5 nitrogen and oxygen atoms in total. The van der Waals surface area contributed by atoms with Gasteiger partial charge in [0.1, 0.15) is 11.6 Å². The Morgan fingerprint density at radius 1 is 1.31 bits per heavy atom. The van der Waals surface area contributed by atoms with Crippen LogP contribution in [-0.2, 0) is 11.3 Å². The number of ether oxygens (including phenoxy) is 1. The van der Waals surface area contributed by atoms with Crippen LogP contribution >= 0.6 is 15.9 Å². The molecule has 1 amide bonds. The third-order valence-corrected chi connectivity index (χ3v) is 5.09. The normalized spacial score (nSPS) is 15.0. The molecule has 1 unspecified atom stereocenters. The minimum absolute atomic E-state index is 0.142. The molecule has 1 saturated heterocycles. The van der Waals surface area contributed by atoms with Crippen molar-refractivity contribution in [1.82, 2.24) is 10.3 Å². The minimum atomic E-state index is -0.575. The molecule has 0 bridgehead atoms. The fourth-order valence-corrected chi connectivity index (χ4v) is 3.55. The number of amides is 1. The molecule has 1 aromatic carbocycles. The summed E-state index contributed by atoms with van der Waals surface area (Å²) in [6.45, 7) is 6.34. The summed E-state index contributed by atoms with van der Waals surface area (Å²) in [6.07, 6.45) is 3.66. The van der Waals surface area contributed by atoms with Gasteiger partial charge in [0.25, 0.3) is 5.91 Å². The van der Waals surface area contributed by atoms with E-state index in [4.69, 9.17) is 4.74 Å². The van der Waals surface area contributed by atoms with Gasteiger partial charge in [0.05, 0.1) is 4.47 Å². The standard InChI is InChI=1S/C20H24BrN3O2/c1-14-5-6-18(17(21)11-14)26-15(2)20(25)23-13-16-7-8-22-19(12-16)24-9-3-4-10-24/h5-8,11-12,15H,3-4,9-10,13H2,1-2H3,(H,23,25). The van der Waals surface area contributed by atoms with Gasteiger partial charge in [-0.15, -0.1) is 0 Å². The zero-order valence-electron chi connectivity index (χ0n) is 15.2. The molecule has 0 spiro atoms. The van der Waals surface area contributed by atoms with E-state index in [-0.39, 0.29) is 5.91 Å². The molecule has 3 rings (SSSR count). The number of halogens is 1. The Balaban J connectivity index is 1.55. The monoisotopic (exact) mass is 417 g/mol. The van der Waals surface area contributed by atoms with E-state index in [0.717, 1.165) is 34.5 Å². The fraction of sp³-hybridized carbons (Fsp3) is 0.400. The van der Waals surface area contributed by atoms with Crippen molar-refractivity contribution in [1.29, 1.82) is 0 Å². The van der Waals surface area contributed by atoms with Crippen molar-refractivity contribution in [3.63, 3.8) is 0 Å². The third kappa shape index (κ3) is 4.75. The average molecular weight is 418 g/mol. The summed E-state index contributed by atoms with van der Waals surface area (Å²) in [5, 5.41) is 2.94. The summed E-state index contributed by atoms with van der Waals surface area (Å²) in [5.41, 5.74) is 2.17. The van der Waals surface area contributed by atoms with Crippen molar-refractivity contribution in [3.8, 4) is 5.75 Å². The van der Waals surface area contributed by atoms with Crippen molar-refractivity contribution < 1.29 is 9.53 Å². The van der Waals surface area contributed by atoms with E-state index in [9.17, 15) is 4.79 Å². The van der Waals surface area contributed by atoms with Crippen LogP contribution in [0, 0.1) is 6.92 Å². The molecule has 0 saturated carbocycles. The SMILES string of the molecule is Cc1ccc(OC(C)C(=O)NCc2ccnc(N3CCCC3)c2)c(Br)c1. The molecule has 138 valence electrons.